The molecule has 8 heteroatoms. The highest BCUT2D eigenvalue weighted by molar-refractivity contribution is 6.02. The molecule has 167 valence electrons. The number of ether oxygens (including phenoxy) is 1. The lowest BCUT2D eigenvalue weighted by Gasteiger charge is -2.40. The molecule has 1 aliphatic heterocycles. The standard InChI is InChI=1S/C24H28N5O3/c1-16(2)15-28-18(12-11-17-7-4-5-9-21(17)28)13-25-23(30)27-20-8-6-10-22-19(20)14-26-29(22)24(31)32-3/h4-10,14,18H,11-13,15H2,1-3H3,(H2,25,27,30). The minimum Gasteiger partial charge on any atom is -0.451 e. The van der Waals surface area contributed by atoms with E-state index in [0.717, 1.165) is 19.4 Å². The first-order valence-corrected chi connectivity index (χ1v) is 10.7. The second kappa shape index (κ2) is 9.30. The van der Waals surface area contributed by atoms with Crippen molar-refractivity contribution in [3.8, 4) is 0 Å². The van der Waals surface area contributed by atoms with E-state index in [1.54, 1.807) is 24.4 Å². The van der Waals surface area contributed by atoms with Crippen LogP contribution in [-0.2, 0) is 11.2 Å². The van der Waals surface area contributed by atoms with E-state index in [9.17, 15) is 9.59 Å². The molecule has 2 aromatic carbocycles. The lowest BCUT2D eigenvalue weighted by molar-refractivity contribution is 0.170. The summed E-state index contributed by atoms with van der Waals surface area (Å²) in [5.74, 6) is 1.32. The van der Waals surface area contributed by atoms with Gasteiger partial charge in [-0.3, -0.25) is 0 Å². The summed E-state index contributed by atoms with van der Waals surface area (Å²) in [6.07, 6.45) is 2.94. The molecule has 0 saturated heterocycles. The molecule has 1 atom stereocenters. The quantitative estimate of drug-likeness (QED) is 0.628. The SMILES string of the molecule is COC(=O)n1ncc2c(NC(=O)NCC3CCc4ccccc4N3C[C](C)C)cccc21. The number of hydrogen-bond donors (Lipinski definition) is 2. The van der Waals surface area contributed by atoms with Crippen molar-refractivity contribution in [2.45, 2.75) is 32.7 Å². The summed E-state index contributed by atoms with van der Waals surface area (Å²) in [5.41, 5.74) is 3.74. The molecule has 32 heavy (non-hydrogen) atoms. The molecule has 0 fully saturated rings. The van der Waals surface area contributed by atoms with E-state index in [4.69, 9.17) is 4.74 Å². The van der Waals surface area contributed by atoms with Crippen molar-refractivity contribution in [3.63, 3.8) is 0 Å². The molecule has 2 heterocycles. The number of urea groups is 1. The van der Waals surface area contributed by atoms with Crippen LogP contribution in [0.1, 0.15) is 25.8 Å². The van der Waals surface area contributed by atoms with Crippen LogP contribution in [0, 0.1) is 5.92 Å². The van der Waals surface area contributed by atoms with Crippen LogP contribution in [0.2, 0.25) is 0 Å². The van der Waals surface area contributed by atoms with Gasteiger partial charge in [0.2, 0.25) is 0 Å². The molecule has 1 radical (unpaired) electrons. The van der Waals surface area contributed by atoms with Crippen LogP contribution in [0.3, 0.4) is 0 Å². The highest BCUT2D eigenvalue weighted by atomic mass is 16.5. The number of fused-ring (bicyclic) bond motifs is 2. The first-order chi connectivity index (χ1) is 15.5. The average Bonchev–Trinajstić information content (AvgIpc) is 3.23. The molecule has 0 saturated carbocycles. The number of rotatable bonds is 5. The fourth-order valence-corrected chi connectivity index (χ4v) is 4.21. The number of amides is 2. The van der Waals surface area contributed by atoms with E-state index in [1.807, 2.05) is 0 Å². The fraction of sp³-hybridized carbons (Fsp3) is 0.333. The predicted octanol–water partition coefficient (Wildman–Crippen LogP) is 4.21. The number of anilines is 2. The minimum absolute atomic E-state index is 0.211. The number of aryl methyl sites for hydroxylation is 1. The monoisotopic (exact) mass is 434 g/mol. The Bertz CT molecular complexity index is 1120. The van der Waals surface area contributed by atoms with E-state index in [1.165, 1.54) is 29.0 Å². The van der Waals surface area contributed by atoms with Crippen molar-refractivity contribution in [2.75, 3.05) is 30.4 Å². The number of methoxy groups -OCH3 is 1. The molecule has 1 unspecified atom stereocenters. The van der Waals surface area contributed by atoms with Gasteiger partial charge in [-0.15, -0.1) is 0 Å². The van der Waals surface area contributed by atoms with Gasteiger partial charge in [0.05, 0.1) is 24.5 Å². The van der Waals surface area contributed by atoms with Crippen molar-refractivity contribution >= 4 is 34.4 Å². The van der Waals surface area contributed by atoms with Gasteiger partial charge in [0.25, 0.3) is 0 Å². The van der Waals surface area contributed by atoms with Crippen molar-refractivity contribution in [1.29, 1.82) is 0 Å². The van der Waals surface area contributed by atoms with Gasteiger partial charge in [0.15, 0.2) is 0 Å². The molecular formula is C24H28N5O3. The second-order valence-electron chi connectivity index (χ2n) is 8.26. The maximum absolute atomic E-state index is 12.7. The number of aromatic nitrogens is 2. The van der Waals surface area contributed by atoms with Crippen LogP contribution in [0.4, 0.5) is 21.0 Å². The molecule has 1 aromatic heterocycles. The zero-order valence-corrected chi connectivity index (χ0v) is 18.6. The van der Waals surface area contributed by atoms with Crippen LogP contribution in [0.5, 0.6) is 0 Å². The first kappa shape index (κ1) is 21.7. The Hall–Kier alpha value is -3.55. The summed E-state index contributed by atoms with van der Waals surface area (Å²) < 4.78 is 5.91. The Morgan fingerprint density at radius 3 is 2.75 bits per heavy atom. The Morgan fingerprint density at radius 2 is 1.97 bits per heavy atom. The molecule has 2 N–H and O–H groups in total. The third-order valence-electron chi connectivity index (χ3n) is 5.68. The van der Waals surface area contributed by atoms with Gasteiger partial charge >= 0.3 is 12.1 Å². The molecule has 0 bridgehead atoms. The number of carbonyl (C=O) groups excluding carboxylic acids is 2. The lowest BCUT2D eigenvalue weighted by Crippen LogP contribution is -2.48. The van der Waals surface area contributed by atoms with E-state index < -0.39 is 6.09 Å². The number of hydrogen-bond acceptors (Lipinski definition) is 5. The summed E-state index contributed by atoms with van der Waals surface area (Å²) in [6.45, 7) is 5.65. The van der Waals surface area contributed by atoms with E-state index in [2.05, 4.69) is 58.7 Å². The molecule has 2 amide bonds. The van der Waals surface area contributed by atoms with Crippen LogP contribution < -0.4 is 15.5 Å². The Balaban J connectivity index is 1.45. The summed E-state index contributed by atoms with van der Waals surface area (Å²) >= 11 is 0. The Labute approximate surface area is 187 Å². The number of carbonyl (C=O) groups is 2. The maximum atomic E-state index is 12.7. The lowest BCUT2D eigenvalue weighted by atomic mass is 9.94. The van der Waals surface area contributed by atoms with Crippen molar-refractivity contribution in [1.82, 2.24) is 15.1 Å². The summed E-state index contributed by atoms with van der Waals surface area (Å²) in [6, 6.07) is 13.7. The van der Waals surface area contributed by atoms with Crippen LogP contribution in [-0.4, -0.2) is 48.1 Å². The normalized spacial score (nSPS) is 15.5. The fourth-order valence-electron chi connectivity index (χ4n) is 4.21. The van der Waals surface area contributed by atoms with Gasteiger partial charge in [-0.25, -0.2) is 9.59 Å². The van der Waals surface area contributed by atoms with Crippen LogP contribution in [0.15, 0.2) is 48.7 Å². The largest absolute Gasteiger partial charge is 0.451 e. The number of nitrogens with one attached hydrogen (secondary N) is 2. The van der Waals surface area contributed by atoms with Crippen LogP contribution >= 0.6 is 0 Å². The number of benzene rings is 2. The molecule has 8 nitrogen and oxygen atoms in total. The second-order valence-corrected chi connectivity index (χ2v) is 8.26. The van der Waals surface area contributed by atoms with Gasteiger partial charge in [-0.05, 0) is 42.5 Å². The Morgan fingerprint density at radius 1 is 1.16 bits per heavy atom. The van der Waals surface area contributed by atoms with Crippen molar-refractivity contribution < 1.29 is 14.3 Å². The van der Waals surface area contributed by atoms with Crippen LogP contribution in [0.25, 0.3) is 10.9 Å². The summed E-state index contributed by atoms with van der Waals surface area (Å²) in [7, 11) is 1.30. The first-order valence-electron chi connectivity index (χ1n) is 10.7. The topological polar surface area (TPSA) is 88.5 Å². The molecule has 0 spiro atoms. The zero-order chi connectivity index (χ0) is 22.7. The van der Waals surface area contributed by atoms with Crippen molar-refractivity contribution in [3.05, 3.63) is 60.1 Å². The van der Waals surface area contributed by atoms with Crippen molar-refractivity contribution in [2.24, 2.45) is 0 Å². The molecular weight excluding hydrogens is 406 g/mol. The summed E-state index contributed by atoms with van der Waals surface area (Å²) in [4.78, 5) is 27.0. The molecule has 1 aliphatic rings. The molecule has 3 aromatic rings. The Kier molecular flexibility index (Phi) is 6.30. The maximum Gasteiger partial charge on any atom is 0.434 e. The van der Waals surface area contributed by atoms with E-state index in [-0.39, 0.29) is 12.1 Å². The molecule has 0 aliphatic carbocycles. The number of para-hydroxylation sites is 1. The van der Waals surface area contributed by atoms with Gasteiger partial charge in [0.1, 0.15) is 0 Å². The van der Waals surface area contributed by atoms with Gasteiger partial charge in [0, 0.05) is 30.2 Å². The number of nitrogens with zero attached hydrogens (tertiary/aromatic N) is 3. The average molecular weight is 435 g/mol. The third-order valence-corrected chi connectivity index (χ3v) is 5.68. The summed E-state index contributed by atoms with van der Waals surface area (Å²) in [5, 5.41) is 10.6. The third kappa shape index (κ3) is 4.39. The highest BCUT2D eigenvalue weighted by Crippen LogP contribution is 2.31. The highest BCUT2D eigenvalue weighted by Gasteiger charge is 2.27. The smallest absolute Gasteiger partial charge is 0.434 e. The van der Waals surface area contributed by atoms with E-state index in [0.29, 0.717) is 23.1 Å². The zero-order valence-electron chi connectivity index (χ0n) is 18.6. The molecule has 4 rings (SSSR count). The van der Waals surface area contributed by atoms with E-state index >= 15 is 0 Å². The predicted molar refractivity (Wildman–Crippen MR) is 125 cm³/mol. The minimum atomic E-state index is -0.581. The van der Waals surface area contributed by atoms with Gasteiger partial charge < -0.3 is 20.3 Å². The van der Waals surface area contributed by atoms with Gasteiger partial charge in [-0.1, -0.05) is 38.1 Å². The van der Waals surface area contributed by atoms with Gasteiger partial charge in [-0.2, -0.15) is 9.78 Å².